The van der Waals surface area contributed by atoms with Gasteiger partial charge >= 0.3 is 0 Å². The van der Waals surface area contributed by atoms with E-state index in [9.17, 15) is 14.9 Å². The summed E-state index contributed by atoms with van der Waals surface area (Å²) >= 11 is 0. The van der Waals surface area contributed by atoms with Gasteiger partial charge in [0.2, 0.25) is 0 Å². The highest BCUT2D eigenvalue weighted by molar-refractivity contribution is 6.19. The molecule has 3 rings (SSSR count). The summed E-state index contributed by atoms with van der Waals surface area (Å²) in [5.74, 6) is 0.228. The Kier molecular flexibility index (Phi) is 8.07. The molecule has 0 saturated carbocycles. The molecule has 1 aromatic rings. The van der Waals surface area contributed by atoms with Gasteiger partial charge in [-0.3, -0.25) is 14.5 Å². The summed E-state index contributed by atoms with van der Waals surface area (Å²) in [6.45, 7) is 5.15. The molecule has 0 spiro atoms. The lowest BCUT2D eigenvalue weighted by molar-refractivity contribution is -0.142. The fraction of sp³-hybridized carbons (Fsp3) is 0.480. The Labute approximate surface area is 189 Å². The van der Waals surface area contributed by atoms with Gasteiger partial charge in [0, 0.05) is 12.2 Å². The fourth-order valence-electron chi connectivity index (χ4n) is 3.88. The molecule has 0 aromatic heterocycles. The van der Waals surface area contributed by atoms with Crippen LogP contribution in [0.1, 0.15) is 51.5 Å². The first-order chi connectivity index (χ1) is 15.5. The zero-order valence-electron chi connectivity index (χ0n) is 19.0. The van der Waals surface area contributed by atoms with E-state index < -0.39 is 11.8 Å². The fourth-order valence-corrected chi connectivity index (χ4v) is 3.88. The largest absolute Gasteiger partial charge is 0.493 e. The van der Waals surface area contributed by atoms with Crippen LogP contribution in [0.2, 0.25) is 0 Å². The van der Waals surface area contributed by atoms with Gasteiger partial charge in [0.1, 0.15) is 11.6 Å². The van der Waals surface area contributed by atoms with E-state index in [-0.39, 0.29) is 18.2 Å². The Morgan fingerprint density at radius 1 is 1.25 bits per heavy atom. The quantitative estimate of drug-likeness (QED) is 0.328. The van der Waals surface area contributed by atoms with Crippen molar-refractivity contribution in [2.75, 3.05) is 26.9 Å². The number of nitrogens with zero attached hydrogens (tertiary/aromatic N) is 2. The normalized spacial score (nSPS) is 20.1. The molecule has 1 aromatic carbocycles. The molecule has 32 heavy (non-hydrogen) atoms. The number of unbranched alkanes of at least 4 members (excludes halogenated alkanes) is 2. The predicted octanol–water partition coefficient (Wildman–Crippen LogP) is 4.04. The standard InChI is InChI=1S/C25H30N2O5/c1-4-5-6-11-32-22-10-9-18(14-23(22)30-3)13-20-17(2)21(15-26)25(29)27(24(20)28)16-19-8-7-12-31-19/h9-10,13-14,19H,4-8,11-12,16H2,1-3H3/b20-13+. The highest BCUT2D eigenvalue weighted by atomic mass is 16.5. The molecule has 2 amide bonds. The van der Waals surface area contributed by atoms with Crippen LogP contribution in [0.15, 0.2) is 34.9 Å². The number of ether oxygens (including phenoxy) is 3. The second kappa shape index (κ2) is 11.0. The molecule has 0 N–H and O–H groups in total. The minimum Gasteiger partial charge on any atom is -0.493 e. The lowest BCUT2D eigenvalue weighted by Crippen LogP contribution is -2.46. The summed E-state index contributed by atoms with van der Waals surface area (Å²) < 4.78 is 16.9. The average Bonchev–Trinajstić information content (AvgIpc) is 3.31. The third-order valence-corrected chi connectivity index (χ3v) is 5.74. The molecule has 1 saturated heterocycles. The average molecular weight is 439 g/mol. The summed E-state index contributed by atoms with van der Waals surface area (Å²) in [5.41, 5.74) is 1.40. The van der Waals surface area contributed by atoms with Crippen LogP contribution < -0.4 is 9.47 Å². The first-order valence-electron chi connectivity index (χ1n) is 11.1. The minimum absolute atomic E-state index is 0.0170. The Bertz CT molecular complexity index is 967. The van der Waals surface area contributed by atoms with Crippen molar-refractivity contribution >= 4 is 17.9 Å². The van der Waals surface area contributed by atoms with Crippen LogP contribution in [0.5, 0.6) is 11.5 Å². The molecular formula is C25H30N2O5. The lowest BCUT2D eigenvalue weighted by Gasteiger charge is -2.29. The maximum absolute atomic E-state index is 13.2. The van der Waals surface area contributed by atoms with Crippen LogP contribution in [0, 0.1) is 11.3 Å². The van der Waals surface area contributed by atoms with E-state index in [1.54, 1.807) is 26.2 Å². The molecular weight excluding hydrogens is 408 g/mol. The number of imide groups is 1. The molecule has 0 bridgehead atoms. The van der Waals surface area contributed by atoms with Crippen molar-refractivity contribution in [3.63, 3.8) is 0 Å². The molecule has 7 heteroatoms. The molecule has 2 aliphatic rings. The molecule has 0 aliphatic carbocycles. The van der Waals surface area contributed by atoms with E-state index in [2.05, 4.69) is 6.92 Å². The number of hydrogen-bond acceptors (Lipinski definition) is 6. The maximum Gasteiger partial charge on any atom is 0.271 e. The zero-order chi connectivity index (χ0) is 23.1. The van der Waals surface area contributed by atoms with E-state index in [0.717, 1.165) is 37.0 Å². The number of methoxy groups -OCH3 is 1. The van der Waals surface area contributed by atoms with Gasteiger partial charge in [-0.05, 0) is 55.5 Å². The highest BCUT2D eigenvalue weighted by Gasteiger charge is 2.37. The minimum atomic E-state index is -0.559. The van der Waals surface area contributed by atoms with E-state index in [4.69, 9.17) is 14.2 Å². The summed E-state index contributed by atoms with van der Waals surface area (Å²) in [4.78, 5) is 27.1. The molecule has 170 valence electrons. The monoisotopic (exact) mass is 438 g/mol. The molecule has 1 fully saturated rings. The summed E-state index contributed by atoms with van der Waals surface area (Å²) in [6, 6.07) is 7.40. The van der Waals surface area contributed by atoms with Crippen molar-refractivity contribution in [2.24, 2.45) is 0 Å². The van der Waals surface area contributed by atoms with E-state index in [1.165, 1.54) is 0 Å². The Balaban J connectivity index is 1.89. The van der Waals surface area contributed by atoms with Gasteiger partial charge in [-0.25, -0.2) is 0 Å². The van der Waals surface area contributed by atoms with Crippen LogP contribution in [0.3, 0.4) is 0 Å². The SMILES string of the molecule is CCCCCOc1ccc(/C=C2/C(=O)N(CC3CCCO3)C(=O)C(C#N)=C2C)cc1OC. The van der Waals surface area contributed by atoms with Crippen molar-refractivity contribution in [1.29, 1.82) is 5.26 Å². The smallest absolute Gasteiger partial charge is 0.271 e. The molecule has 1 atom stereocenters. The van der Waals surface area contributed by atoms with Crippen molar-refractivity contribution in [2.45, 2.75) is 52.1 Å². The summed E-state index contributed by atoms with van der Waals surface area (Å²) in [6.07, 6.45) is 6.37. The first kappa shape index (κ1) is 23.6. The van der Waals surface area contributed by atoms with Gasteiger partial charge in [-0.2, -0.15) is 5.26 Å². The van der Waals surface area contributed by atoms with E-state index in [1.807, 2.05) is 18.2 Å². The van der Waals surface area contributed by atoms with Crippen LogP contribution in [0.4, 0.5) is 0 Å². The van der Waals surface area contributed by atoms with Crippen LogP contribution >= 0.6 is 0 Å². The Morgan fingerprint density at radius 3 is 2.72 bits per heavy atom. The van der Waals surface area contributed by atoms with E-state index in [0.29, 0.717) is 41.4 Å². The number of amides is 2. The third kappa shape index (κ3) is 5.20. The van der Waals surface area contributed by atoms with Gasteiger partial charge in [0.25, 0.3) is 11.8 Å². The highest BCUT2D eigenvalue weighted by Crippen LogP contribution is 2.32. The van der Waals surface area contributed by atoms with Crippen molar-refractivity contribution in [3.8, 4) is 17.6 Å². The zero-order valence-corrected chi connectivity index (χ0v) is 19.0. The second-order valence-electron chi connectivity index (χ2n) is 7.99. The molecule has 2 heterocycles. The number of benzene rings is 1. The predicted molar refractivity (Wildman–Crippen MR) is 120 cm³/mol. The van der Waals surface area contributed by atoms with Crippen LogP contribution in [-0.4, -0.2) is 49.7 Å². The number of rotatable bonds is 9. The molecule has 1 unspecified atom stereocenters. The number of hydrogen-bond donors (Lipinski definition) is 0. The summed E-state index contributed by atoms with van der Waals surface area (Å²) in [7, 11) is 1.57. The van der Waals surface area contributed by atoms with Crippen LogP contribution in [-0.2, 0) is 14.3 Å². The van der Waals surface area contributed by atoms with E-state index >= 15 is 0 Å². The van der Waals surface area contributed by atoms with Gasteiger partial charge in [0.05, 0.1) is 26.4 Å². The topological polar surface area (TPSA) is 88.9 Å². The van der Waals surface area contributed by atoms with Crippen molar-refractivity contribution in [3.05, 3.63) is 40.5 Å². The van der Waals surface area contributed by atoms with Gasteiger partial charge in [-0.1, -0.05) is 25.8 Å². The first-order valence-corrected chi connectivity index (χ1v) is 11.1. The maximum atomic E-state index is 13.2. The Morgan fingerprint density at radius 2 is 2.06 bits per heavy atom. The molecule has 0 radical (unpaired) electrons. The lowest BCUT2D eigenvalue weighted by atomic mass is 9.93. The Hall–Kier alpha value is -3.11. The second-order valence-corrected chi connectivity index (χ2v) is 7.99. The number of carbonyl (C=O) groups is 2. The molecule has 7 nitrogen and oxygen atoms in total. The van der Waals surface area contributed by atoms with Crippen molar-refractivity contribution < 1.29 is 23.8 Å². The summed E-state index contributed by atoms with van der Waals surface area (Å²) in [5, 5.41) is 9.56. The van der Waals surface area contributed by atoms with Gasteiger partial charge in [0.15, 0.2) is 11.5 Å². The van der Waals surface area contributed by atoms with Crippen LogP contribution in [0.25, 0.3) is 6.08 Å². The molecule has 2 aliphatic heterocycles. The van der Waals surface area contributed by atoms with Gasteiger partial charge in [-0.15, -0.1) is 0 Å². The van der Waals surface area contributed by atoms with Crippen molar-refractivity contribution in [1.82, 2.24) is 4.90 Å². The number of carbonyl (C=O) groups excluding carboxylic acids is 2. The number of nitriles is 1. The third-order valence-electron chi connectivity index (χ3n) is 5.74. The van der Waals surface area contributed by atoms with Gasteiger partial charge < -0.3 is 14.2 Å².